The van der Waals surface area contributed by atoms with Gasteiger partial charge in [-0.05, 0) is 30.7 Å². The van der Waals surface area contributed by atoms with Crippen molar-refractivity contribution in [3.8, 4) is 11.3 Å². The molecule has 2 N–H and O–H groups in total. The second-order valence-corrected chi connectivity index (χ2v) is 8.97. The van der Waals surface area contributed by atoms with Gasteiger partial charge in [-0.1, -0.05) is 0 Å². The van der Waals surface area contributed by atoms with Crippen LogP contribution in [0.5, 0.6) is 0 Å². The van der Waals surface area contributed by atoms with E-state index < -0.39 is 9.84 Å². The number of anilines is 3. The summed E-state index contributed by atoms with van der Waals surface area (Å²) in [5.41, 5.74) is 3.19. The van der Waals surface area contributed by atoms with Gasteiger partial charge in [0.05, 0.1) is 17.6 Å². The summed E-state index contributed by atoms with van der Waals surface area (Å²) in [6.45, 7) is 3.17. The number of aromatic nitrogens is 5. The smallest absolute Gasteiger partial charge is 0.222 e. The normalized spacial score (nSPS) is 11.5. The molecule has 0 bridgehead atoms. The first-order valence-electron chi connectivity index (χ1n) is 9.23. The molecule has 158 valence electrons. The summed E-state index contributed by atoms with van der Waals surface area (Å²) in [6.07, 6.45) is 6.11. The summed E-state index contributed by atoms with van der Waals surface area (Å²) < 4.78 is 25.6. The summed E-state index contributed by atoms with van der Waals surface area (Å²) in [5, 5.41) is 9.90. The Morgan fingerprint density at radius 1 is 1.10 bits per heavy atom. The van der Waals surface area contributed by atoms with E-state index >= 15 is 0 Å². The number of pyridine rings is 2. The Kier molecular flexibility index (Phi) is 5.11. The largest absolute Gasteiger partial charge is 0.339 e. The molecule has 0 aliphatic rings. The Labute approximate surface area is 178 Å². The van der Waals surface area contributed by atoms with Crippen molar-refractivity contribution in [1.82, 2.24) is 24.6 Å². The number of carbonyl (C=O) groups is 1. The number of hydrogen-bond donors (Lipinski definition) is 2. The van der Waals surface area contributed by atoms with Gasteiger partial charge in [0.2, 0.25) is 5.91 Å². The molecule has 0 aliphatic heterocycles. The monoisotopic (exact) mass is 437 g/mol. The number of aryl methyl sites for hydroxylation is 1. The highest BCUT2D eigenvalue weighted by atomic mass is 32.2. The van der Waals surface area contributed by atoms with Crippen LogP contribution in [0.2, 0.25) is 0 Å². The molecular formula is C20H19N7O3S. The van der Waals surface area contributed by atoms with Gasteiger partial charge in [0, 0.05) is 43.3 Å². The molecule has 0 aromatic carbocycles. The summed E-state index contributed by atoms with van der Waals surface area (Å²) >= 11 is 0. The molecule has 0 radical (unpaired) electrons. The van der Waals surface area contributed by atoms with E-state index in [0.717, 1.165) is 11.8 Å². The fourth-order valence-electron chi connectivity index (χ4n) is 3.00. The molecule has 0 spiro atoms. The Morgan fingerprint density at radius 3 is 2.65 bits per heavy atom. The molecule has 0 saturated heterocycles. The number of rotatable bonds is 5. The summed E-state index contributed by atoms with van der Waals surface area (Å²) in [4.78, 5) is 24.6. The first kappa shape index (κ1) is 20.4. The van der Waals surface area contributed by atoms with Gasteiger partial charge in [0.1, 0.15) is 11.6 Å². The van der Waals surface area contributed by atoms with Crippen LogP contribution in [-0.2, 0) is 14.6 Å². The van der Waals surface area contributed by atoms with Gasteiger partial charge in [-0.15, -0.1) is 0 Å². The zero-order chi connectivity index (χ0) is 22.2. The third kappa shape index (κ3) is 4.51. The minimum Gasteiger partial charge on any atom is -0.339 e. The lowest BCUT2D eigenvalue weighted by molar-refractivity contribution is -0.114. The first-order valence-corrected chi connectivity index (χ1v) is 11.1. The highest BCUT2D eigenvalue weighted by Crippen LogP contribution is 2.31. The van der Waals surface area contributed by atoms with Crippen LogP contribution in [0.15, 0.2) is 53.9 Å². The standard InChI is InChI=1S/C20H19N7O3S/c1-12-8-18(26-20(9-12)31(3,29)30)24-16-10-17(23-13(2)28)21-11-14(16)15-5-7-27-19(25-15)4-6-22-27/h4-11H,1-3H3,(H2,21,23,24,26,28). The number of carbonyl (C=O) groups excluding carboxylic acids is 1. The van der Waals surface area contributed by atoms with Crippen molar-refractivity contribution in [1.29, 1.82) is 0 Å². The predicted molar refractivity (Wildman–Crippen MR) is 116 cm³/mol. The van der Waals surface area contributed by atoms with E-state index in [2.05, 4.69) is 30.7 Å². The molecule has 11 heteroatoms. The van der Waals surface area contributed by atoms with Gasteiger partial charge in [0.25, 0.3) is 0 Å². The summed E-state index contributed by atoms with van der Waals surface area (Å²) in [7, 11) is -3.49. The van der Waals surface area contributed by atoms with Crippen molar-refractivity contribution in [2.24, 2.45) is 0 Å². The minimum absolute atomic E-state index is 0.0357. The van der Waals surface area contributed by atoms with Gasteiger partial charge < -0.3 is 10.6 Å². The van der Waals surface area contributed by atoms with Crippen molar-refractivity contribution in [2.75, 3.05) is 16.9 Å². The highest BCUT2D eigenvalue weighted by Gasteiger charge is 2.15. The minimum atomic E-state index is -3.49. The Hall–Kier alpha value is -3.86. The molecule has 4 aromatic heterocycles. The molecular weight excluding hydrogens is 418 g/mol. The molecule has 0 fully saturated rings. The van der Waals surface area contributed by atoms with E-state index in [4.69, 9.17) is 0 Å². The van der Waals surface area contributed by atoms with Gasteiger partial charge in [-0.25, -0.2) is 27.9 Å². The summed E-state index contributed by atoms with van der Waals surface area (Å²) in [5.74, 6) is 0.408. The van der Waals surface area contributed by atoms with Crippen molar-refractivity contribution in [2.45, 2.75) is 18.9 Å². The van der Waals surface area contributed by atoms with Crippen molar-refractivity contribution in [3.05, 3.63) is 54.5 Å². The molecule has 1 amide bonds. The molecule has 4 heterocycles. The average molecular weight is 437 g/mol. The average Bonchev–Trinajstić information content (AvgIpc) is 3.14. The van der Waals surface area contributed by atoms with E-state index in [-0.39, 0.29) is 10.9 Å². The molecule has 0 atom stereocenters. The quantitative estimate of drug-likeness (QED) is 0.487. The Balaban J connectivity index is 1.82. The van der Waals surface area contributed by atoms with Crippen LogP contribution in [0.4, 0.5) is 17.3 Å². The van der Waals surface area contributed by atoms with E-state index in [0.29, 0.717) is 34.2 Å². The van der Waals surface area contributed by atoms with Crippen LogP contribution >= 0.6 is 0 Å². The van der Waals surface area contributed by atoms with E-state index in [1.165, 1.54) is 13.0 Å². The fourth-order valence-corrected chi connectivity index (χ4v) is 3.67. The molecule has 4 rings (SSSR count). The van der Waals surface area contributed by atoms with Crippen LogP contribution in [-0.4, -0.2) is 45.1 Å². The van der Waals surface area contributed by atoms with Crippen molar-refractivity contribution < 1.29 is 13.2 Å². The summed E-state index contributed by atoms with van der Waals surface area (Å²) in [6, 6.07) is 8.43. The zero-order valence-electron chi connectivity index (χ0n) is 17.0. The van der Waals surface area contributed by atoms with Gasteiger partial charge >= 0.3 is 0 Å². The van der Waals surface area contributed by atoms with Crippen LogP contribution < -0.4 is 10.6 Å². The first-order chi connectivity index (χ1) is 14.7. The maximum atomic E-state index is 12.0. The van der Waals surface area contributed by atoms with Crippen LogP contribution in [0, 0.1) is 6.92 Å². The van der Waals surface area contributed by atoms with Crippen LogP contribution in [0.1, 0.15) is 12.5 Å². The predicted octanol–water partition coefficient (Wildman–Crippen LogP) is 2.60. The lowest BCUT2D eigenvalue weighted by Gasteiger charge is -2.14. The van der Waals surface area contributed by atoms with E-state index in [1.807, 2.05) is 0 Å². The third-order valence-corrected chi connectivity index (χ3v) is 5.30. The maximum absolute atomic E-state index is 12.0. The maximum Gasteiger partial charge on any atom is 0.222 e. The van der Waals surface area contributed by atoms with Crippen LogP contribution in [0.3, 0.4) is 0 Å². The molecule has 31 heavy (non-hydrogen) atoms. The Morgan fingerprint density at radius 2 is 1.90 bits per heavy atom. The molecule has 0 aliphatic carbocycles. The Bertz CT molecular complexity index is 1410. The van der Waals surface area contributed by atoms with Gasteiger partial charge in [-0.2, -0.15) is 5.10 Å². The number of fused-ring (bicyclic) bond motifs is 1. The van der Waals surface area contributed by atoms with Gasteiger partial charge in [0.15, 0.2) is 20.5 Å². The SMILES string of the molecule is CC(=O)Nc1cc(Nc2cc(C)cc(S(C)(=O)=O)n2)c(-c2ccn3nccc3n2)cn1. The van der Waals surface area contributed by atoms with Crippen LogP contribution in [0.25, 0.3) is 16.9 Å². The molecule has 10 nitrogen and oxygen atoms in total. The number of nitrogens with one attached hydrogen (secondary N) is 2. The molecule has 4 aromatic rings. The zero-order valence-corrected chi connectivity index (χ0v) is 17.8. The fraction of sp³-hybridized carbons (Fsp3) is 0.150. The highest BCUT2D eigenvalue weighted by molar-refractivity contribution is 7.90. The van der Waals surface area contributed by atoms with E-state index in [1.54, 1.807) is 54.3 Å². The van der Waals surface area contributed by atoms with Gasteiger partial charge in [-0.3, -0.25) is 4.79 Å². The second kappa shape index (κ2) is 7.76. The number of hydrogen-bond acceptors (Lipinski definition) is 8. The number of amides is 1. The van der Waals surface area contributed by atoms with Crippen molar-refractivity contribution >= 4 is 38.7 Å². The lowest BCUT2D eigenvalue weighted by atomic mass is 10.1. The molecule has 0 saturated carbocycles. The second-order valence-electron chi connectivity index (χ2n) is 7.01. The number of sulfone groups is 1. The topological polar surface area (TPSA) is 131 Å². The molecule has 0 unspecified atom stereocenters. The van der Waals surface area contributed by atoms with Crippen molar-refractivity contribution in [3.63, 3.8) is 0 Å². The van der Waals surface area contributed by atoms with E-state index in [9.17, 15) is 13.2 Å². The third-order valence-electron chi connectivity index (χ3n) is 4.33. The lowest BCUT2D eigenvalue weighted by Crippen LogP contribution is -2.09. The number of nitrogens with zero attached hydrogens (tertiary/aromatic N) is 5.